The molecular weight excluding hydrogens is 272 g/mol. The Bertz CT molecular complexity index is 428. The Labute approximate surface area is 125 Å². The van der Waals surface area contributed by atoms with Crippen molar-refractivity contribution in [2.75, 3.05) is 30.8 Å². The first-order valence-corrected chi connectivity index (χ1v) is 7.21. The van der Waals surface area contributed by atoms with Crippen LogP contribution in [0.1, 0.15) is 33.6 Å². The van der Waals surface area contributed by atoms with E-state index in [1.165, 1.54) is 0 Å². The van der Waals surface area contributed by atoms with Gasteiger partial charge in [0.25, 0.3) is 0 Å². The van der Waals surface area contributed by atoms with Crippen LogP contribution in [-0.4, -0.2) is 47.1 Å². The van der Waals surface area contributed by atoms with Crippen molar-refractivity contribution >= 4 is 17.8 Å². The maximum absolute atomic E-state index is 11.5. The Kier molecular flexibility index (Phi) is 7.20. The smallest absolute Gasteiger partial charge is 0.323 e. The second-order valence-electron chi connectivity index (χ2n) is 4.52. The van der Waals surface area contributed by atoms with Crippen LogP contribution in [0.5, 0.6) is 6.01 Å². The lowest BCUT2D eigenvalue weighted by Gasteiger charge is -2.14. The molecular formula is C13H24N6O2. The number of nitrogens with zero attached hydrogens (tertiary/aromatic N) is 3. The minimum absolute atomic E-state index is 0.144. The van der Waals surface area contributed by atoms with Crippen molar-refractivity contribution in [1.29, 1.82) is 0 Å². The van der Waals surface area contributed by atoms with Crippen LogP contribution in [0.25, 0.3) is 0 Å². The lowest BCUT2D eigenvalue weighted by molar-refractivity contribution is -0.121. The van der Waals surface area contributed by atoms with Crippen molar-refractivity contribution in [1.82, 2.24) is 20.3 Å². The molecule has 1 aromatic heterocycles. The molecule has 1 amide bonds. The van der Waals surface area contributed by atoms with E-state index in [2.05, 4.69) is 37.8 Å². The van der Waals surface area contributed by atoms with E-state index in [0.717, 1.165) is 19.4 Å². The van der Waals surface area contributed by atoms with Crippen LogP contribution in [0.3, 0.4) is 0 Å². The van der Waals surface area contributed by atoms with Gasteiger partial charge in [0.1, 0.15) is 6.04 Å². The van der Waals surface area contributed by atoms with E-state index in [1.54, 1.807) is 14.0 Å². The molecule has 0 saturated heterocycles. The number of hydrogen-bond donors (Lipinski definition) is 3. The molecule has 8 heteroatoms. The van der Waals surface area contributed by atoms with Crippen molar-refractivity contribution < 1.29 is 9.53 Å². The maximum atomic E-state index is 11.5. The maximum Gasteiger partial charge on any atom is 0.323 e. The van der Waals surface area contributed by atoms with Crippen molar-refractivity contribution in [2.45, 2.75) is 39.7 Å². The summed E-state index contributed by atoms with van der Waals surface area (Å²) in [7, 11) is 1.58. The summed E-state index contributed by atoms with van der Waals surface area (Å²) in [6, 6.07) is -0.201. The van der Waals surface area contributed by atoms with Crippen LogP contribution in [-0.2, 0) is 4.79 Å². The molecule has 0 spiro atoms. The molecule has 1 rings (SSSR count). The summed E-state index contributed by atoms with van der Waals surface area (Å²) in [5, 5.41) is 8.58. The standard InChI is InChI=1S/C13H24N6O2/c1-5-7-15-11-17-12(16-9(3)10(20)14-4)19-13(18-11)21-8-6-2/h9H,5-8H2,1-4H3,(H,14,20)(H2,15,16,17,18,19). The first kappa shape index (κ1) is 16.9. The number of anilines is 2. The van der Waals surface area contributed by atoms with Crippen LogP contribution >= 0.6 is 0 Å². The molecule has 1 unspecified atom stereocenters. The van der Waals surface area contributed by atoms with Crippen molar-refractivity contribution in [3.05, 3.63) is 0 Å². The van der Waals surface area contributed by atoms with Crippen LogP contribution in [0.2, 0.25) is 0 Å². The highest BCUT2D eigenvalue weighted by Gasteiger charge is 2.14. The zero-order chi connectivity index (χ0) is 15.7. The van der Waals surface area contributed by atoms with Gasteiger partial charge >= 0.3 is 6.01 Å². The number of amides is 1. The molecule has 0 aliphatic heterocycles. The van der Waals surface area contributed by atoms with E-state index in [9.17, 15) is 4.79 Å². The second kappa shape index (κ2) is 8.93. The fourth-order valence-electron chi connectivity index (χ4n) is 1.47. The van der Waals surface area contributed by atoms with E-state index in [0.29, 0.717) is 18.5 Å². The summed E-state index contributed by atoms with van der Waals surface area (Å²) in [5.74, 6) is 0.602. The molecule has 0 aromatic carbocycles. The minimum atomic E-state index is -0.449. The molecule has 8 nitrogen and oxygen atoms in total. The number of carbonyl (C=O) groups is 1. The highest BCUT2D eigenvalue weighted by molar-refractivity contribution is 5.83. The topological polar surface area (TPSA) is 101 Å². The summed E-state index contributed by atoms with van der Waals surface area (Å²) in [4.78, 5) is 24.1. The van der Waals surface area contributed by atoms with Gasteiger partial charge in [0, 0.05) is 13.6 Å². The van der Waals surface area contributed by atoms with Gasteiger partial charge in [-0.1, -0.05) is 13.8 Å². The number of rotatable bonds is 9. The van der Waals surface area contributed by atoms with Gasteiger partial charge in [0.15, 0.2) is 0 Å². The zero-order valence-corrected chi connectivity index (χ0v) is 13.1. The third-order valence-corrected chi connectivity index (χ3v) is 2.57. The van der Waals surface area contributed by atoms with Gasteiger partial charge < -0.3 is 20.7 Å². The van der Waals surface area contributed by atoms with E-state index < -0.39 is 6.04 Å². The number of hydrogen-bond acceptors (Lipinski definition) is 7. The largest absolute Gasteiger partial charge is 0.463 e. The van der Waals surface area contributed by atoms with E-state index in [-0.39, 0.29) is 11.9 Å². The predicted octanol–water partition coefficient (Wildman–Crippen LogP) is 1.03. The lowest BCUT2D eigenvalue weighted by Crippen LogP contribution is -2.35. The molecule has 3 N–H and O–H groups in total. The Balaban J connectivity index is 2.86. The molecule has 0 bridgehead atoms. The van der Waals surface area contributed by atoms with Gasteiger partial charge in [-0.2, -0.15) is 15.0 Å². The third-order valence-electron chi connectivity index (χ3n) is 2.57. The Morgan fingerprint density at radius 3 is 2.52 bits per heavy atom. The number of aromatic nitrogens is 3. The van der Waals surface area contributed by atoms with Gasteiger partial charge in [-0.25, -0.2) is 0 Å². The predicted molar refractivity (Wildman–Crippen MR) is 81.5 cm³/mol. The molecule has 118 valence electrons. The van der Waals surface area contributed by atoms with Gasteiger partial charge in [-0.05, 0) is 19.8 Å². The summed E-state index contributed by atoms with van der Waals surface area (Å²) in [5.41, 5.74) is 0. The number of carbonyl (C=O) groups excluding carboxylic acids is 1. The van der Waals surface area contributed by atoms with Crippen LogP contribution in [0, 0.1) is 0 Å². The average Bonchev–Trinajstić information content (AvgIpc) is 2.49. The highest BCUT2D eigenvalue weighted by Crippen LogP contribution is 2.12. The lowest BCUT2D eigenvalue weighted by atomic mass is 10.3. The highest BCUT2D eigenvalue weighted by atomic mass is 16.5. The molecule has 0 aliphatic carbocycles. The second-order valence-corrected chi connectivity index (χ2v) is 4.52. The van der Waals surface area contributed by atoms with Crippen molar-refractivity contribution in [2.24, 2.45) is 0 Å². The van der Waals surface area contributed by atoms with E-state index >= 15 is 0 Å². The van der Waals surface area contributed by atoms with E-state index in [1.807, 2.05) is 6.92 Å². The van der Waals surface area contributed by atoms with Crippen molar-refractivity contribution in [3.63, 3.8) is 0 Å². The fourth-order valence-corrected chi connectivity index (χ4v) is 1.47. The van der Waals surface area contributed by atoms with Crippen LogP contribution in [0.4, 0.5) is 11.9 Å². The molecule has 1 atom stereocenters. The summed E-state index contributed by atoms with van der Waals surface area (Å²) >= 11 is 0. The summed E-state index contributed by atoms with van der Waals surface area (Å²) in [6.07, 6.45) is 1.81. The fraction of sp³-hybridized carbons (Fsp3) is 0.692. The van der Waals surface area contributed by atoms with Gasteiger partial charge in [0.05, 0.1) is 6.61 Å². The first-order valence-electron chi connectivity index (χ1n) is 7.21. The zero-order valence-electron chi connectivity index (χ0n) is 13.1. The van der Waals surface area contributed by atoms with Crippen molar-refractivity contribution in [3.8, 4) is 6.01 Å². The summed E-state index contributed by atoms with van der Waals surface area (Å²) in [6.45, 7) is 7.07. The van der Waals surface area contributed by atoms with E-state index in [4.69, 9.17) is 4.74 Å². The van der Waals surface area contributed by atoms with Gasteiger partial charge in [-0.3, -0.25) is 4.79 Å². The molecule has 21 heavy (non-hydrogen) atoms. The van der Waals surface area contributed by atoms with Crippen LogP contribution < -0.4 is 20.7 Å². The monoisotopic (exact) mass is 296 g/mol. The number of ether oxygens (including phenoxy) is 1. The molecule has 0 fully saturated rings. The normalized spacial score (nSPS) is 11.6. The quantitative estimate of drug-likeness (QED) is 0.625. The number of nitrogens with one attached hydrogen (secondary N) is 3. The molecule has 0 saturated carbocycles. The van der Waals surface area contributed by atoms with Gasteiger partial charge in [-0.15, -0.1) is 0 Å². The molecule has 0 radical (unpaired) electrons. The minimum Gasteiger partial charge on any atom is -0.463 e. The number of likely N-dealkylation sites (N-methyl/N-ethyl adjacent to an activating group) is 1. The third kappa shape index (κ3) is 5.80. The van der Waals surface area contributed by atoms with Crippen LogP contribution in [0.15, 0.2) is 0 Å². The van der Waals surface area contributed by atoms with Gasteiger partial charge in [0.2, 0.25) is 17.8 Å². The Morgan fingerprint density at radius 2 is 1.90 bits per heavy atom. The SMILES string of the molecule is CCCNc1nc(NC(C)C(=O)NC)nc(OCCC)n1. The average molecular weight is 296 g/mol. The summed E-state index contributed by atoms with van der Waals surface area (Å²) < 4.78 is 5.44. The molecule has 0 aliphatic rings. The molecule has 1 aromatic rings. The molecule has 1 heterocycles. The Hall–Kier alpha value is -2.12. The first-order chi connectivity index (χ1) is 10.1. The Morgan fingerprint density at radius 1 is 1.19 bits per heavy atom.